The number of benzene rings is 5. The summed E-state index contributed by atoms with van der Waals surface area (Å²) in [5.41, 5.74) is 10.2. The molecule has 0 saturated heterocycles. The zero-order valence-electron chi connectivity index (χ0n) is 37.3. The topological polar surface area (TPSA) is 70.7 Å². The summed E-state index contributed by atoms with van der Waals surface area (Å²) in [6.45, 7) is 22.1. The zero-order chi connectivity index (χ0) is 44.2. The van der Waals surface area contributed by atoms with Crippen LogP contribution in [-0.2, 0) is 15.6 Å². The lowest BCUT2D eigenvalue weighted by Gasteiger charge is -2.30. The Bertz CT molecular complexity index is 2700. The van der Waals surface area contributed by atoms with Gasteiger partial charge in [0.25, 0.3) is 5.91 Å². The van der Waals surface area contributed by atoms with Gasteiger partial charge in [-0.2, -0.15) is 0 Å². The van der Waals surface area contributed by atoms with Gasteiger partial charge in [0.2, 0.25) is 0 Å². The van der Waals surface area contributed by atoms with Crippen molar-refractivity contribution in [3.63, 3.8) is 0 Å². The second-order valence-electron chi connectivity index (χ2n) is 17.5. The molecular formula is C55H59N3O3S. The van der Waals surface area contributed by atoms with Gasteiger partial charge >= 0.3 is 6.09 Å². The first-order valence-corrected chi connectivity index (χ1v) is 22.4. The molecule has 0 fully saturated rings. The van der Waals surface area contributed by atoms with Crippen LogP contribution in [0.25, 0.3) is 21.5 Å². The molecule has 0 atom stereocenters. The summed E-state index contributed by atoms with van der Waals surface area (Å²) in [7, 11) is 2.19. The molecule has 1 heterocycles. The number of nitrogens with one attached hydrogen (secondary N) is 2. The average Bonchev–Trinajstić information content (AvgIpc) is 3.45. The van der Waals surface area contributed by atoms with Gasteiger partial charge in [0.05, 0.1) is 5.76 Å². The van der Waals surface area contributed by atoms with Crippen molar-refractivity contribution in [1.29, 1.82) is 0 Å². The lowest BCUT2D eigenvalue weighted by molar-refractivity contribution is 0.0953. The van der Waals surface area contributed by atoms with Gasteiger partial charge in [0, 0.05) is 57.7 Å². The van der Waals surface area contributed by atoms with E-state index in [1.807, 2.05) is 24.3 Å². The number of carbonyl (C=O) groups excluding carboxylic acids is 2. The summed E-state index contributed by atoms with van der Waals surface area (Å²) < 4.78 is 4.92. The summed E-state index contributed by atoms with van der Waals surface area (Å²) >= 11 is 1.76. The van der Waals surface area contributed by atoms with Gasteiger partial charge in [-0.1, -0.05) is 138 Å². The van der Waals surface area contributed by atoms with E-state index in [0.29, 0.717) is 30.8 Å². The minimum atomic E-state index is -0.544. The molecule has 2 amide bonds. The second-order valence-corrected chi connectivity index (χ2v) is 18.6. The first-order valence-electron chi connectivity index (χ1n) is 21.6. The largest absolute Gasteiger partial charge is 0.416 e. The van der Waals surface area contributed by atoms with E-state index in [2.05, 4.69) is 167 Å². The molecule has 2 N–H and O–H groups in total. The number of hydrogen-bond acceptors (Lipinski definition) is 5. The van der Waals surface area contributed by atoms with Gasteiger partial charge in [-0.15, -0.1) is 0 Å². The van der Waals surface area contributed by atoms with E-state index in [4.69, 9.17) is 4.74 Å². The lowest BCUT2D eigenvalue weighted by Crippen LogP contribution is -2.30. The Morgan fingerprint density at radius 1 is 0.855 bits per heavy atom. The van der Waals surface area contributed by atoms with E-state index in [9.17, 15) is 9.59 Å². The van der Waals surface area contributed by atoms with E-state index in [0.717, 1.165) is 29.7 Å². The van der Waals surface area contributed by atoms with Crippen molar-refractivity contribution in [2.75, 3.05) is 25.0 Å². The number of nitrogens with zero attached hydrogens (tertiary/aromatic N) is 1. The van der Waals surface area contributed by atoms with Crippen LogP contribution in [0.15, 0.2) is 172 Å². The molecule has 6 nitrogen and oxygen atoms in total. The predicted molar refractivity (Wildman–Crippen MR) is 261 cm³/mol. The van der Waals surface area contributed by atoms with Crippen molar-refractivity contribution in [1.82, 2.24) is 10.6 Å². The van der Waals surface area contributed by atoms with Gasteiger partial charge in [0.15, 0.2) is 0 Å². The quantitative estimate of drug-likeness (QED) is 0.0702. The third kappa shape index (κ3) is 9.24. The SMILES string of the molecule is C=C(C)OC(=O)NCCCNC(=O)c1ccc(SC2=C(/C=C/C(=C)C(C)(C)c3c(C)ccc4ccccc34)CCC/C2=C\C=C2/N(C)c3ccc4ccccc4c3C2(C)C)cc1. The van der Waals surface area contributed by atoms with E-state index < -0.39 is 6.09 Å². The summed E-state index contributed by atoms with van der Waals surface area (Å²) in [6.07, 6.45) is 12.2. The summed E-state index contributed by atoms with van der Waals surface area (Å²) in [5.74, 6) is 0.173. The van der Waals surface area contributed by atoms with E-state index >= 15 is 0 Å². The maximum absolute atomic E-state index is 13.1. The number of fused-ring (bicyclic) bond motifs is 4. The number of anilines is 1. The first kappa shape index (κ1) is 44.0. The van der Waals surface area contributed by atoms with Crippen molar-refractivity contribution in [2.24, 2.45) is 0 Å². The van der Waals surface area contributed by atoms with E-state index in [-0.39, 0.29) is 16.7 Å². The monoisotopic (exact) mass is 841 g/mol. The summed E-state index contributed by atoms with van der Waals surface area (Å²) in [4.78, 5) is 29.5. The van der Waals surface area contributed by atoms with Gasteiger partial charge in [0.1, 0.15) is 0 Å². The van der Waals surface area contributed by atoms with Crippen LogP contribution in [0.1, 0.15) is 87.4 Å². The highest BCUT2D eigenvalue weighted by Gasteiger charge is 2.39. The Kier molecular flexibility index (Phi) is 13.1. The normalized spacial score (nSPS) is 16.3. The third-order valence-electron chi connectivity index (χ3n) is 12.4. The van der Waals surface area contributed by atoms with Crippen molar-refractivity contribution < 1.29 is 14.3 Å². The number of ether oxygens (including phenoxy) is 1. The highest BCUT2D eigenvalue weighted by Crippen LogP contribution is 2.50. The Hall–Kier alpha value is -6.05. The second kappa shape index (κ2) is 18.5. The van der Waals surface area contributed by atoms with Crippen LogP contribution >= 0.6 is 11.8 Å². The van der Waals surface area contributed by atoms with Gasteiger partial charge in [-0.3, -0.25) is 4.79 Å². The molecule has 7 heteroatoms. The number of likely N-dealkylation sites (N-methyl/N-ethyl adjacent to an activating group) is 1. The Balaban J connectivity index is 1.18. The van der Waals surface area contributed by atoms with Gasteiger partial charge in [-0.05, 0) is 131 Å². The number of carbonyl (C=O) groups is 2. The minimum Gasteiger partial charge on any atom is -0.416 e. The van der Waals surface area contributed by atoms with Gasteiger partial charge < -0.3 is 20.3 Å². The number of amides is 2. The van der Waals surface area contributed by atoms with E-state index in [1.165, 1.54) is 65.7 Å². The van der Waals surface area contributed by atoms with Crippen LogP contribution in [0.2, 0.25) is 0 Å². The highest BCUT2D eigenvalue weighted by molar-refractivity contribution is 8.03. The maximum atomic E-state index is 13.1. The average molecular weight is 842 g/mol. The van der Waals surface area contributed by atoms with Crippen LogP contribution in [0.3, 0.4) is 0 Å². The summed E-state index contributed by atoms with van der Waals surface area (Å²) in [6, 6.07) is 34.1. The molecule has 0 aromatic heterocycles. The molecule has 5 aromatic carbocycles. The minimum absolute atomic E-state index is 0.154. The zero-order valence-corrected chi connectivity index (χ0v) is 38.1. The fraction of sp³-hybridized carbons (Fsp3) is 0.273. The molecule has 0 radical (unpaired) electrons. The van der Waals surface area contributed by atoms with Crippen LogP contribution in [0, 0.1) is 6.92 Å². The van der Waals surface area contributed by atoms with Crippen molar-refractivity contribution in [2.45, 2.75) is 83.0 Å². The lowest BCUT2D eigenvalue weighted by atomic mass is 9.74. The molecule has 0 saturated carbocycles. The number of allylic oxidation sites excluding steroid dienone is 9. The van der Waals surface area contributed by atoms with E-state index in [1.54, 1.807) is 18.7 Å². The molecule has 1 aliphatic heterocycles. The standard InChI is InChI=1S/C55H59N3O3S/c1-36(2)61-53(60)57-35-15-34-56-52(59)43-26-30-44(31-27-43)62-51-41(25-23-38(4)54(5,6)49-37(3)22-24-39-16-10-12-20-45(39)49)18-14-19-42(51)29-33-48-55(7,8)50-46-21-13-11-17-40(46)28-32-47(50)58(48)9/h10-13,16-17,20-33H,1,4,14-15,18-19,34-35H2,2-3,5-9H3,(H,56,59)(H,57,60)/b25-23+,42-29+,48-33-. The molecular weight excluding hydrogens is 783 g/mol. The fourth-order valence-electron chi connectivity index (χ4n) is 9.07. The van der Waals surface area contributed by atoms with Crippen LogP contribution in [0.5, 0.6) is 0 Å². The number of hydrogen-bond donors (Lipinski definition) is 2. The summed E-state index contributed by atoms with van der Waals surface area (Å²) in [5, 5.41) is 10.7. The van der Waals surface area contributed by atoms with Crippen molar-refractivity contribution >= 4 is 51.0 Å². The number of aryl methyl sites for hydroxylation is 1. The Morgan fingerprint density at radius 3 is 2.24 bits per heavy atom. The molecule has 0 bridgehead atoms. The van der Waals surface area contributed by atoms with Crippen LogP contribution in [-0.4, -0.2) is 32.1 Å². The Morgan fingerprint density at radius 2 is 1.52 bits per heavy atom. The molecule has 5 aromatic rings. The molecule has 318 valence electrons. The van der Waals surface area contributed by atoms with Crippen molar-refractivity contribution in [3.8, 4) is 0 Å². The molecule has 7 rings (SSSR count). The fourth-order valence-corrected chi connectivity index (χ4v) is 10.2. The van der Waals surface area contributed by atoms with Crippen LogP contribution < -0.4 is 15.5 Å². The first-order chi connectivity index (χ1) is 29.7. The molecule has 0 unspecified atom stereocenters. The number of rotatable bonds is 13. The molecule has 2 aliphatic rings. The molecule has 0 spiro atoms. The molecule has 1 aliphatic carbocycles. The molecule has 62 heavy (non-hydrogen) atoms. The number of alkyl carbamates (subject to hydrolysis) is 1. The van der Waals surface area contributed by atoms with Crippen LogP contribution in [0.4, 0.5) is 10.5 Å². The van der Waals surface area contributed by atoms with Crippen molar-refractivity contribution in [3.05, 3.63) is 190 Å². The third-order valence-corrected chi connectivity index (χ3v) is 13.6. The smallest absolute Gasteiger partial charge is 0.412 e. The Labute approximate surface area is 372 Å². The number of thioether (sulfide) groups is 1. The van der Waals surface area contributed by atoms with Gasteiger partial charge in [-0.25, -0.2) is 4.79 Å². The highest BCUT2D eigenvalue weighted by atomic mass is 32.2. The maximum Gasteiger partial charge on any atom is 0.412 e. The predicted octanol–water partition coefficient (Wildman–Crippen LogP) is 13.5.